The summed E-state index contributed by atoms with van der Waals surface area (Å²) < 4.78 is 5.60. The Morgan fingerprint density at radius 2 is 2.19 bits per heavy atom. The topological polar surface area (TPSA) is 70.8 Å². The van der Waals surface area contributed by atoms with E-state index in [4.69, 9.17) is 4.42 Å². The molecule has 0 aromatic carbocycles. The van der Waals surface area contributed by atoms with Gasteiger partial charge in [0.05, 0.1) is 0 Å². The first-order valence-corrected chi connectivity index (χ1v) is 7.66. The average Bonchev–Trinajstić information content (AvgIpc) is 3.09. The number of carboxylic acids is 1. The number of rotatable bonds is 3. The molecule has 1 N–H and O–H groups in total. The van der Waals surface area contributed by atoms with Crippen molar-refractivity contribution in [3.8, 4) is 0 Å². The van der Waals surface area contributed by atoms with Crippen LogP contribution in [0.25, 0.3) is 0 Å². The minimum Gasteiger partial charge on any atom is -0.480 e. The maximum atomic E-state index is 12.6. The molecular formula is C16H21NO4. The fourth-order valence-electron chi connectivity index (χ4n) is 3.95. The number of hydrogen-bond donors (Lipinski definition) is 1. The third-order valence-corrected chi connectivity index (χ3v) is 4.96. The molecule has 0 radical (unpaired) electrons. The molecule has 114 valence electrons. The SMILES string of the molecule is CCc1oc(C(=O)N2CC3CCCC3C2C(=O)O)cc1C. The van der Waals surface area contributed by atoms with Crippen molar-refractivity contribution >= 4 is 11.9 Å². The molecule has 2 fully saturated rings. The van der Waals surface area contributed by atoms with E-state index in [9.17, 15) is 14.7 Å². The van der Waals surface area contributed by atoms with Gasteiger partial charge in [-0.1, -0.05) is 13.3 Å². The van der Waals surface area contributed by atoms with Gasteiger partial charge in [-0.05, 0) is 43.2 Å². The first-order valence-electron chi connectivity index (χ1n) is 7.66. The van der Waals surface area contributed by atoms with Crippen LogP contribution in [0.15, 0.2) is 10.5 Å². The summed E-state index contributed by atoms with van der Waals surface area (Å²) in [5.41, 5.74) is 0.951. The van der Waals surface area contributed by atoms with Gasteiger partial charge in [-0.25, -0.2) is 4.79 Å². The van der Waals surface area contributed by atoms with Gasteiger partial charge in [-0.2, -0.15) is 0 Å². The van der Waals surface area contributed by atoms with Crippen molar-refractivity contribution in [1.82, 2.24) is 4.90 Å². The molecule has 1 amide bonds. The van der Waals surface area contributed by atoms with Crippen LogP contribution in [0.3, 0.4) is 0 Å². The van der Waals surface area contributed by atoms with Crippen LogP contribution in [0, 0.1) is 18.8 Å². The molecule has 1 saturated carbocycles. The minimum atomic E-state index is -0.892. The lowest BCUT2D eigenvalue weighted by Gasteiger charge is -2.23. The fraction of sp³-hybridized carbons (Fsp3) is 0.625. The minimum absolute atomic E-state index is 0.105. The van der Waals surface area contributed by atoms with Crippen molar-refractivity contribution < 1.29 is 19.1 Å². The number of carbonyl (C=O) groups is 2. The molecule has 2 aliphatic rings. The summed E-state index contributed by atoms with van der Waals surface area (Å²) in [5.74, 6) is 0.335. The van der Waals surface area contributed by atoms with Crippen molar-refractivity contribution in [2.75, 3.05) is 6.54 Å². The zero-order valence-electron chi connectivity index (χ0n) is 12.5. The Labute approximate surface area is 123 Å². The van der Waals surface area contributed by atoms with Gasteiger partial charge in [0, 0.05) is 13.0 Å². The molecule has 3 atom stereocenters. The fourth-order valence-corrected chi connectivity index (χ4v) is 3.95. The predicted octanol–water partition coefficient (Wildman–Crippen LogP) is 2.48. The lowest BCUT2D eigenvalue weighted by atomic mass is 9.94. The largest absolute Gasteiger partial charge is 0.480 e. The van der Waals surface area contributed by atoms with Crippen LogP contribution >= 0.6 is 0 Å². The molecular weight excluding hydrogens is 270 g/mol. The molecule has 1 aliphatic carbocycles. The van der Waals surface area contributed by atoms with Gasteiger partial charge in [-0.3, -0.25) is 4.79 Å². The van der Waals surface area contributed by atoms with E-state index in [0.717, 1.165) is 37.0 Å². The molecule has 5 heteroatoms. The van der Waals surface area contributed by atoms with Crippen molar-refractivity contribution in [3.05, 3.63) is 23.2 Å². The lowest BCUT2D eigenvalue weighted by molar-refractivity contribution is -0.142. The normalized spacial score (nSPS) is 27.9. The van der Waals surface area contributed by atoms with E-state index in [-0.39, 0.29) is 17.6 Å². The quantitative estimate of drug-likeness (QED) is 0.928. The van der Waals surface area contributed by atoms with Crippen LogP contribution in [0.4, 0.5) is 0 Å². The smallest absolute Gasteiger partial charge is 0.326 e. The highest BCUT2D eigenvalue weighted by atomic mass is 16.4. The van der Waals surface area contributed by atoms with Crippen LogP contribution in [0.5, 0.6) is 0 Å². The molecule has 2 heterocycles. The highest BCUT2D eigenvalue weighted by Crippen LogP contribution is 2.42. The van der Waals surface area contributed by atoms with Crippen molar-refractivity contribution in [3.63, 3.8) is 0 Å². The highest BCUT2D eigenvalue weighted by molar-refractivity contribution is 5.95. The molecule has 3 rings (SSSR count). The number of likely N-dealkylation sites (tertiary alicyclic amines) is 1. The molecule has 0 spiro atoms. The first-order chi connectivity index (χ1) is 10.0. The van der Waals surface area contributed by atoms with Crippen molar-refractivity contribution in [2.45, 2.75) is 45.6 Å². The zero-order chi connectivity index (χ0) is 15.1. The molecule has 1 saturated heterocycles. The lowest BCUT2D eigenvalue weighted by Crippen LogP contribution is -2.43. The summed E-state index contributed by atoms with van der Waals surface area (Å²) >= 11 is 0. The van der Waals surface area contributed by atoms with Gasteiger partial charge in [0.2, 0.25) is 0 Å². The molecule has 1 aliphatic heterocycles. The summed E-state index contributed by atoms with van der Waals surface area (Å²) in [5, 5.41) is 9.51. The molecule has 5 nitrogen and oxygen atoms in total. The van der Waals surface area contributed by atoms with E-state index in [0.29, 0.717) is 12.5 Å². The second-order valence-corrected chi connectivity index (χ2v) is 6.17. The Morgan fingerprint density at radius 3 is 2.81 bits per heavy atom. The van der Waals surface area contributed by atoms with Crippen molar-refractivity contribution in [1.29, 1.82) is 0 Å². The monoisotopic (exact) mass is 291 g/mol. The second kappa shape index (κ2) is 5.20. The van der Waals surface area contributed by atoms with Gasteiger partial charge in [0.25, 0.3) is 5.91 Å². The Hall–Kier alpha value is -1.78. The number of hydrogen-bond acceptors (Lipinski definition) is 3. The van der Waals surface area contributed by atoms with E-state index < -0.39 is 12.0 Å². The number of aryl methyl sites for hydroxylation is 2. The Bertz CT molecular complexity index is 577. The molecule has 3 unspecified atom stereocenters. The number of fused-ring (bicyclic) bond motifs is 1. The third-order valence-electron chi connectivity index (χ3n) is 4.96. The van der Waals surface area contributed by atoms with Crippen LogP contribution in [-0.2, 0) is 11.2 Å². The number of nitrogens with zero attached hydrogens (tertiary/aromatic N) is 1. The van der Waals surface area contributed by atoms with E-state index in [1.54, 1.807) is 6.07 Å². The Morgan fingerprint density at radius 1 is 1.43 bits per heavy atom. The maximum absolute atomic E-state index is 12.6. The summed E-state index contributed by atoms with van der Waals surface area (Å²) in [6.07, 6.45) is 3.73. The van der Waals surface area contributed by atoms with Gasteiger partial charge in [0.1, 0.15) is 11.8 Å². The maximum Gasteiger partial charge on any atom is 0.326 e. The summed E-state index contributed by atoms with van der Waals surface area (Å²) in [6.45, 7) is 4.43. The van der Waals surface area contributed by atoms with Gasteiger partial charge in [-0.15, -0.1) is 0 Å². The molecule has 1 aromatic heterocycles. The average molecular weight is 291 g/mol. The van der Waals surface area contributed by atoms with Crippen LogP contribution < -0.4 is 0 Å². The first kappa shape index (κ1) is 14.2. The Kier molecular flexibility index (Phi) is 3.51. The summed E-state index contributed by atoms with van der Waals surface area (Å²) in [7, 11) is 0. The molecule has 0 bridgehead atoms. The second-order valence-electron chi connectivity index (χ2n) is 6.17. The van der Waals surface area contributed by atoms with E-state index in [2.05, 4.69) is 0 Å². The number of aliphatic carboxylic acids is 1. The van der Waals surface area contributed by atoms with Crippen LogP contribution in [0.1, 0.15) is 48.1 Å². The van der Waals surface area contributed by atoms with Crippen LogP contribution in [-0.4, -0.2) is 34.5 Å². The van der Waals surface area contributed by atoms with E-state index in [1.165, 1.54) is 4.90 Å². The Balaban J connectivity index is 1.87. The number of carbonyl (C=O) groups excluding carboxylic acids is 1. The summed E-state index contributed by atoms with van der Waals surface area (Å²) in [6, 6.07) is 1.04. The van der Waals surface area contributed by atoms with E-state index >= 15 is 0 Å². The number of carboxylic acid groups (broad SMARTS) is 1. The van der Waals surface area contributed by atoms with E-state index in [1.807, 2.05) is 13.8 Å². The number of furan rings is 1. The summed E-state index contributed by atoms with van der Waals surface area (Å²) in [4.78, 5) is 25.7. The standard InChI is InChI=1S/C16H21NO4/c1-3-12-9(2)7-13(21-12)15(18)17-8-10-5-4-6-11(10)14(17)16(19)20/h7,10-11,14H,3-6,8H2,1-2H3,(H,19,20). The van der Waals surface area contributed by atoms with Gasteiger partial charge in [0.15, 0.2) is 5.76 Å². The number of amides is 1. The van der Waals surface area contributed by atoms with Crippen LogP contribution in [0.2, 0.25) is 0 Å². The zero-order valence-corrected chi connectivity index (χ0v) is 12.5. The highest BCUT2D eigenvalue weighted by Gasteiger charge is 2.50. The molecule has 21 heavy (non-hydrogen) atoms. The molecule has 1 aromatic rings. The third kappa shape index (κ3) is 2.24. The van der Waals surface area contributed by atoms with Crippen molar-refractivity contribution in [2.24, 2.45) is 11.8 Å². The van der Waals surface area contributed by atoms with Gasteiger partial charge < -0.3 is 14.4 Å². The predicted molar refractivity (Wildman–Crippen MR) is 76.1 cm³/mol. The van der Waals surface area contributed by atoms with Gasteiger partial charge >= 0.3 is 5.97 Å².